The third-order valence-corrected chi connectivity index (χ3v) is 4.02. The minimum Gasteiger partial charge on any atom is -0.387 e. The molecule has 0 aliphatic heterocycles. The molecule has 1 aromatic heterocycles. The van der Waals surface area contributed by atoms with E-state index in [4.69, 9.17) is 23.2 Å². The molecule has 5 heteroatoms. The predicted molar refractivity (Wildman–Crippen MR) is 75.5 cm³/mol. The highest BCUT2D eigenvalue weighted by molar-refractivity contribution is 7.99. The Labute approximate surface area is 120 Å². The lowest BCUT2D eigenvalue weighted by Gasteiger charge is -2.06. The molecule has 0 aliphatic rings. The Morgan fingerprint density at radius 3 is 2.61 bits per heavy atom. The number of benzene rings is 1. The van der Waals surface area contributed by atoms with Gasteiger partial charge < -0.3 is 5.11 Å². The van der Waals surface area contributed by atoms with Crippen molar-refractivity contribution in [1.82, 2.24) is 4.98 Å². The number of rotatable bonds is 3. The van der Waals surface area contributed by atoms with Crippen LogP contribution in [0.15, 0.2) is 46.3 Å². The molecule has 2 aromatic rings. The minimum atomic E-state index is -0.557. The molecule has 0 bridgehead atoms. The number of aliphatic hydroxyl groups is 1. The molecule has 2 nitrogen and oxygen atoms in total. The zero-order valence-electron chi connectivity index (χ0n) is 9.60. The van der Waals surface area contributed by atoms with Gasteiger partial charge in [0.2, 0.25) is 0 Å². The van der Waals surface area contributed by atoms with Gasteiger partial charge in [-0.2, -0.15) is 0 Å². The Morgan fingerprint density at radius 1 is 1.22 bits per heavy atom. The number of nitrogens with zero attached hydrogens (tertiary/aromatic N) is 1. The smallest absolute Gasteiger partial charge is 0.0931 e. The quantitative estimate of drug-likeness (QED) is 0.899. The monoisotopic (exact) mass is 299 g/mol. The van der Waals surface area contributed by atoms with Gasteiger partial charge in [0.25, 0.3) is 0 Å². The minimum absolute atomic E-state index is 0.557. The molecule has 0 fully saturated rings. The highest BCUT2D eigenvalue weighted by Gasteiger charge is 2.06. The second kappa shape index (κ2) is 5.93. The van der Waals surface area contributed by atoms with Gasteiger partial charge in [0.1, 0.15) is 0 Å². The van der Waals surface area contributed by atoms with Gasteiger partial charge in [-0.15, -0.1) is 0 Å². The van der Waals surface area contributed by atoms with Crippen LogP contribution in [0.25, 0.3) is 0 Å². The molecule has 2 rings (SSSR count). The van der Waals surface area contributed by atoms with Crippen LogP contribution in [0.1, 0.15) is 18.7 Å². The van der Waals surface area contributed by atoms with E-state index in [1.54, 1.807) is 31.3 Å². The Morgan fingerprint density at radius 2 is 2.00 bits per heavy atom. The van der Waals surface area contributed by atoms with E-state index in [0.29, 0.717) is 15.7 Å². The zero-order valence-corrected chi connectivity index (χ0v) is 11.9. The molecule has 1 heterocycles. The van der Waals surface area contributed by atoms with Gasteiger partial charge in [-0.25, -0.2) is 0 Å². The molecule has 94 valence electrons. The molecule has 0 radical (unpaired) electrons. The van der Waals surface area contributed by atoms with E-state index in [9.17, 15) is 5.11 Å². The summed E-state index contributed by atoms with van der Waals surface area (Å²) in [7, 11) is 0. The maximum absolute atomic E-state index is 9.38. The van der Waals surface area contributed by atoms with E-state index in [-0.39, 0.29) is 0 Å². The van der Waals surface area contributed by atoms with E-state index >= 15 is 0 Å². The third kappa shape index (κ3) is 3.39. The molecule has 1 atom stereocenters. The van der Waals surface area contributed by atoms with Crippen LogP contribution in [-0.4, -0.2) is 10.1 Å². The Balaban J connectivity index is 2.21. The second-order valence-corrected chi connectivity index (χ2v) is 5.73. The van der Waals surface area contributed by atoms with Crippen LogP contribution >= 0.6 is 35.0 Å². The SMILES string of the molecule is C[C@H](O)c1ccc(Sc2cc(Cl)ccc2Cl)cn1. The Hall–Kier alpha value is -0.740. The number of aromatic nitrogens is 1. The summed E-state index contributed by atoms with van der Waals surface area (Å²) >= 11 is 13.5. The number of hydrogen-bond acceptors (Lipinski definition) is 3. The highest BCUT2D eigenvalue weighted by atomic mass is 35.5. The standard InChI is InChI=1S/C13H11Cl2NOS/c1-8(17)12-5-3-10(7-16-12)18-13-6-9(14)2-4-11(13)15/h2-8,17H,1H3/t8-/m0/s1. The molecule has 0 amide bonds. The van der Waals surface area contributed by atoms with Crippen molar-refractivity contribution in [3.8, 4) is 0 Å². The van der Waals surface area contributed by atoms with Crippen molar-refractivity contribution in [3.05, 3.63) is 52.3 Å². The number of aliphatic hydroxyl groups excluding tert-OH is 1. The number of halogens is 2. The van der Waals surface area contributed by atoms with Gasteiger partial charge in [0.05, 0.1) is 16.8 Å². The predicted octanol–water partition coefficient (Wildman–Crippen LogP) is 4.59. The summed E-state index contributed by atoms with van der Waals surface area (Å²) < 4.78 is 0. The van der Waals surface area contributed by atoms with Gasteiger partial charge >= 0.3 is 0 Å². The van der Waals surface area contributed by atoms with E-state index < -0.39 is 6.10 Å². The van der Waals surface area contributed by atoms with Crippen molar-refractivity contribution in [2.45, 2.75) is 22.8 Å². The van der Waals surface area contributed by atoms with Crippen molar-refractivity contribution >= 4 is 35.0 Å². The molecule has 0 aliphatic carbocycles. The van der Waals surface area contributed by atoms with Crippen molar-refractivity contribution in [1.29, 1.82) is 0 Å². The topological polar surface area (TPSA) is 33.1 Å². The van der Waals surface area contributed by atoms with E-state index in [2.05, 4.69) is 4.98 Å². The van der Waals surface area contributed by atoms with Gasteiger partial charge in [0.15, 0.2) is 0 Å². The highest BCUT2D eigenvalue weighted by Crippen LogP contribution is 2.34. The summed E-state index contributed by atoms with van der Waals surface area (Å²) in [6.07, 6.45) is 1.16. The van der Waals surface area contributed by atoms with Crippen LogP contribution in [0.4, 0.5) is 0 Å². The maximum atomic E-state index is 9.38. The summed E-state index contributed by atoms with van der Waals surface area (Å²) in [6.45, 7) is 1.68. The van der Waals surface area contributed by atoms with Crippen LogP contribution in [0.5, 0.6) is 0 Å². The average Bonchev–Trinajstić information content (AvgIpc) is 2.34. The van der Waals surface area contributed by atoms with Crippen LogP contribution in [0.3, 0.4) is 0 Å². The maximum Gasteiger partial charge on any atom is 0.0931 e. The molecule has 0 spiro atoms. The summed E-state index contributed by atoms with van der Waals surface area (Å²) in [5.41, 5.74) is 0.650. The molecule has 0 saturated heterocycles. The fraction of sp³-hybridized carbons (Fsp3) is 0.154. The molecule has 0 saturated carbocycles. The lowest BCUT2D eigenvalue weighted by atomic mass is 10.2. The largest absolute Gasteiger partial charge is 0.387 e. The first-order chi connectivity index (χ1) is 8.56. The number of hydrogen-bond donors (Lipinski definition) is 1. The van der Waals surface area contributed by atoms with Crippen LogP contribution in [-0.2, 0) is 0 Å². The lowest BCUT2D eigenvalue weighted by molar-refractivity contribution is 0.194. The van der Waals surface area contributed by atoms with Crippen molar-refractivity contribution in [2.75, 3.05) is 0 Å². The zero-order chi connectivity index (χ0) is 13.1. The van der Waals surface area contributed by atoms with Crippen LogP contribution in [0.2, 0.25) is 10.0 Å². The van der Waals surface area contributed by atoms with E-state index in [0.717, 1.165) is 9.79 Å². The number of pyridine rings is 1. The normalized spacial score (nSPS) is 12.4. The van der Waals surface area contributed by atoms with Gasteiger partial charge in [-0.3, -0.25) is 4.98 Å². The van der Waals surface area contributed by atoms with E-state index in [1.807, 2.05) is 12.1 Å². The molecule has 18 heavy (non-hydrogen) atoms. The summed E-state index contributed by atoms with van der Waals surface area (Å²) in [5.74, 6) is 0. The summed E-state index contributed by atoms with van der Waals surface area (Å²) in [5, 5.41) is 10.7. The van der Waals surface area contributed by atoms with Gasteiger partial charge in [0, 0.05) is 21.0 Å². The second-order valence-electron chi connectivity index (χ2n) is 3.77. The fourth-order valence-electron chi connectivity index (χ4n) is 1.38. The van der Waals surface area contributed by atoms with Gasteiger partial charge in [-0.1, -0.05) is 35.0 Å². The Kier molecular flexibility index (Phi) is 4.51. The first-order valence-electron chi connectivity index (χ1n) is 5.33. The molecule has 0 unspecified atom stereocenters. The fourth-order valence-corrected chi connectivity index (χ4v) is 2.70. The van der Waals surface area contributed by atoms with Crippen LogP contribution in [0, 0.1) is 0 Å². The lowest BCUT2D eigenvalue weighted by Crippen LogP contribution is -1.94. The Bertz CT molecular complexity index is 543. The third-order valence-electron chi connectivity index (χ3n) is 2.31. The molecular formula is C13H11Cl2NOS. The van der Waals surface area contributed by atoms with Crippen molar-refractivity contribution in [3.63, 3.8) is 0 Å². The summed E-state index contributed by atoms with van der Waals surface area (Å²) in [6, 6.07) is 9.03. The summed E-state index contributed by atoms with van der Waals surface area (Å²) in [4.78, 5) is 6.01. The van der Waals surface area contributed by atoms with Crippen molar-refractivity contribution < 1.29 is 5.11 Å². The first kappa shape index (κ1) is 13.7. The van der Waals surface area contributed by atoms with Crippen LogP contribution < -0.4 is 0 Å². The molecule has 1 aromatic carbocycles. The molecule has 1 N–H and O–H groups in total. The van der Waals surface area contributed by atoms with Crippen molar-refractivity contribution in [2.24, 2.45) is 0 Å². The van der Waals surface area contributed by atoms with Gasteiger partial charge in [-0.05, 0) is 37.3 Å². The molecular weight excluding hydrogens is 289 g/mol. The average molecular weight is 300 g/mol. The van der Waals surface area contributed by atoms with E-state index in [1.165, 1.54) is 11.8 Å². The first-order valence-corrected chi connectivity index (χ1v) is 6.90.